The number of carbonyl (C=O) groups is 4. The quantitative estimate of drug-likeness (QED) is 0.502. The van der Waals surface area contributed by atoms with Crippen molar-refractivity contribution in [2.75, 3.05) is 19.6 Å². The van der Waals surface area contributed by atoms with Crippen LogP contribution >= 0.6 is 11.3 Å². The van der Waals surface area contributed by atoms with Crippen LogP contribution in [0.2, 0.25) is 0 Å². The molecule has 1 aromatic carbocycles. The number of carbonyl (C=O) groups excluding carboxylic acids is 4. The molecule has 1 saturated heterocycles. The second-order valence-corrected chi connectivity index (χ2v) is 11.0. The molecule has 0 unspecified atom stereocenters. The monoisotopic (exact) mass is 530 g/mol. The molecule has 3 aromatic rings. The zero-order chi connectivity index (χ0) is 26.6. The van der Waals surface area contributed by atoms with Gasteiger partial charge in [0.25, 0.3) is 11.8 Å². The topological polar surface area (TPSA) is 116 Å². The normalized spacial score (nSPS) is 18.4. The smallest absolute Gasteiger partial charge is 0.295 e. The van der Waals surface area contributed by atoms with Gasteiger partial charge in [0.05, 0.1) is 23.4 Å². The van der Waals surface area contributed by atoms with Gasteiger partial charge in [-0.15, -0.1) is 11.3 Å². The van der Waals surface area contributed by atoms with Crippen molar-refractivity contribution in [3.63, 3.8) is 0 Å². The van der Waals surface area contributed by atoms with Crippen LogP contribution in [-0.4, -0.2) is 68.3 Å². The van der Waals surface area contributed by atoms with Crippen molar-refractivity contribution in [3.05, 3.63) is 63.9 Å². The fourth-order valence-corrected chi connectivity index (χ4v) is 6.08. The SMILES string of the molecule is CC(C)c1cc2c(C3=CCN(Cc4ccc5c(c4)C(=O)N(N4CCC(=O)NC4=O)C5=O)CC3)ncnc2s1. The van der Waals surface area contributed by atoms with E-state index in [9.17, 15) is 19.2 Å². The Morgan fingerprint density at radius 2 is 1.82 bits per heavy atom. The highest BCUT2D eigenvalue weighted by Gasteiger charge is 2.43. The molecule has 194 valence electrons. The molecule has 2 aromatic heterocycles. The van der Waals surface area contributed by atoms with Gasteiger partial charge in [0.15, 0.2) is 0 Å². The minimum atomic E-state index is -0.768. The first-order chi connectivity index (χ1) is 18.3. The lowest BCUT2D eigenvalue weighted by atomic mass is 10.0. The maximum Gasteiger partial charge on any atom is 0.343 e. The fraction of sp³-hybridized carbons (Fsp3) is 0.333. The molecule has 0 saturated carbocycles. The Morgan fingerprint density at radius 3 is 2.55 bits per heavy atom. The van der Waals surface area contributed by atoms with E-state index in [0.717, 1.165) is 51.0 Å². The van der Waals surface area contributed by atoms with E-state index >= 15 is 0 Å². The number of hydrogen-bond acceptors (Lipinski definition) is 8. The third-order valence-electron chi connectivity index (χ3n) is 7.12. The second kappa shape index (κ2) is 9.41. The van der Waals surface area contributed by atoms with Crippen LogP contribution in [0.5, 0.6) is 0 Å². The van der Waals surface area contributed by atoms with Crippen molar-refractivity contribution in [1.29, 1.82) is 0 Å². The summed E-state index contributed by atoms with van der Waals surface area (Å²) in [6, 6.07) is 6.66. The number of urea groups is 1. The summed E-state index contributed by atoms with van der Waals surface area (Å²) in [5, 5.41) is 5.10. The molecule has 6 rings (SSSR count). The van der Waals surface area contributed by atoms with E-state index in [1.54, 1.807) is 29.8 Å². The van der Waals surface area contributed by atoms with Gasteiger partial charge < -0.3 is 0 Å². The first kappa shape index (κ1) is 24.4. The number of aromatic nitrogens is 2. The van der Waals surface area contributed by atoms with Gasteiger partial charge in [-0.3, -0.25) is 24.6 Å². The third kappa shape index (κ3) is 4.17. The van der Waals surface area contributed by atoms with Crippen LogP contribution in [-0.2, 0) is 11.3 Å². The number of imide groups is 2. The zero-order valence-electron chi connectivity index (χ0n) is 21.1. The molecule has 5 amide bonds. The Balaban J connectivity index is 1.17. The molecular formula is C27H26N6O4S. The van der Waals surface area contributed by atoms with Gasteiger partial charge in [-0.1, -0.05) is 26.0 Å². The van der Waals surface area contributed by atoms with Gasteiger partial charge in [0.1, 0.15) is 11.2 Å². The standard InChI is InChI=1S/C27H26N6O4S/c1-15(2)21-12-20-23(28-14-29-24(20)38-21)17-5-8-31(9-6-17)13-16-3-4-18-19(11-16)26(36)33(25(18)35)32-10-7-22(34)30-27(32)37/h3-5,11-12,14-15H,6-10,13H2,1-2H3,(H,30,34,37). The average molecular weight is 531 g/mol. The summed E-state index contributed by atoms with van der Waals surface area (Å²) < 4.78 is 0. The van der Waals surface area contributed by atoms with Crippen molar-refractivity contribution >= 4 is 50.9 Å². The number of thiophene rings is 1. The number of nitrogens with zero attached hydrogens (tertiary/aromatic N) is 5. The Morgan fingerprint density at radius 1 is 1.00 bits per heavy atom. The molecule has 0 atom stereocenters. The molecule has 1 fully saturated rings. The van der Waals surface area contributed by atoms with Crippen LogP contribution in [0.3, 0.4) is 0 Å². The van der Waals surface area contributed by atoms with Crippen LogP contribution in [0.15, 0.2) is 36.7 Å². The van der Waals surface area contributed by atoms with Crippen molar-refractivity contribution < 1.29 is 19.2 Å². The summed E-state index contributed by atoms with van der Waals surface area (Å²) in [4.78, 5) is 63.4. The van der Waals surface area contributed by atoms with Crippen molar-refractivity contribution in [2.45, 2.75) is 39.2 Å². The number of hydrazine groups is 1. The summed E-state index contributed by atoms with van der Waals surface area (Å²) in [6.45, 7) is 6.53. The predicted molar refractivity (Wildman–Crippen MR) is 141 cm³/mol. The molecule has 11 heteroatoms. The average Bonchev–Trinajstić information content (AvgIpc) is 3.44. The lowest BCUT2D eigenvalue weighted by Gasteiger charge is -2.32. The highest BCUT2D eigenvalue weighted by atomic mass is 32.1. The Kier molecular flexibility index (Phi) is 6.04. The first-order valence-corrected chi connectivity index (χ1v) is 13.4. The summed E-state index contributed by atoms with van der Waals surface area (Å²) in [7, 11) is 0. The number of fused-ring (bicyclic) bond motifs is 2. The molecule has 0 radical (unpaired) electrons. The molecule has 3 aliphatic rings. The zero-order valence-corrected chi connectivity index (χ0v) is 21.9. The molecule has 10 nitrogen and oxygen atoms in total. The summed E-state index contributed by atoms with van der Waals surface area (Å²) in [5.41, 5.74) is 3.65. The predicted octanol–water partition coefficient (Wildman–Crippen LogP) is 3.56. The number of rotatable bonds is 5. The van der Waals surface area contributed by atoms with Crippen LogP contribution in [0.1, 0.15) is 69.5 Å². The minimum Gasteiger partial charge on any atom is -0.295 e. The van der Waals surface area contributed by atoms with Crippen LogP contribution in [0, 0.1) is 0 Å². The Hall–Kier alpha value is -3.96. The largest absolute Gasteiger partial charge is 0.343 e. The van der Waals surface area contributed by atoms with E-state index in [1.807, 2.05) is 6.07 Å². The van der Waals surface area contributed by atoms with Gasteiger partial charge in [0.2, 0.25) is 5.91 Å². The van der Waals surface area contributed by atoms with E-state index in [4.69, 9.17) is 0 Å². The molecule has 1 N–H and O–H groups in total. The second-order valence-electron chi connectivity index (χ2n) is 9.99. The molecule has 0 spiro atoms. The molecule has 5 heterocycles. The number of benzene rings is 1. The van der Waals surface area contributed by atoms with E-state index < -0.39 is 23.8 Å². The molecule has 0 aliphatic carbocycles. The fourth-order valence-electron chi connectivity index (χ4n) is 5.08. The van der Waals surface area contributed by atoms with Gasteiger partial charge in [-0.25, -0.2) is 19.8 Å². The Labute approximate surface area is 222 Å². The van der Waals surface area contributed by atoms with Crippen LogP contribution < -0.4 is 5.32 Å². The van der Waals surface area contributed by atoms with Crippen molar-refractivity contribution in [3.8, 4) is 0 Å². The molecule has 38 heavy (non-hydrogen) atoms. The van der Waals surface area contributed by atoms with Gasteiger partial charge in [-0.05, 0) is 41.7 Å². The summed E-state index contributed by atoms with van der Waals surface area (Å²) >= 11 is 1.72. The summed E-state index contributed by atoms with van der Waals surface area (Å²) in [6.07, 6.45) is 4.72. The van der Waals surface area contributed by atoms with Gasteiger partial charge >= 0.3 is 6.03 Å². The Bertz CT molecular complexity index is 1540. The van der Waals surface area contributed by atoms with Crippen molar-refractivity contribution in [2.24, 2.45) is 0 Å². The van der Waals surface area contributed by atoms with E-state index in [0.29, 0.717) is 12.5 Å². The maximum absolute atomic E-state index is 13.1. The van der Waals surface area contributed by atoms with Crippen LogP contribution in [0.4, 0.5) is 4.79 Å². The third-order valence-corrected chi connectivity index (χ3v) is 8.47. The lowest BCUT2D eigenvalue weighted by Crippen LogP contribution is -2.58. The number of nitrogens with one attached hydrogen (secondary N) is 1. The number of hydrogen-bond donors (Lipinski definition) is 1. The van der Waals surface area contributed by atoms with Crippen molar-refractivity contribution in [1.82, 2.24) is 30.2 Å². The highest BCUT2D eigenvalue weighted by molar-refractivity contribution is 7.18. The molecule has 0 bridgehead atoms. The molecular weight excluding hydrogens is 504 g/mol. The lowest BCUT2D eigenvalue weighted by molar-refractivity contribution is -0.122. The summed E-state index contributed by atoms with van der Waals surface area (Å²) in [5.74, 6) is -1.09. The first-order valence-electron chi connectivity index (χ1n) is 12.6. The van der Waals surface area contributed by atoms with Crippen LogP contribution in [0.25, 0.3) is 15.8 Å². The van der Waals surface area contributed by atoms with Gasteiger partial charge in [-0.2, -0.15) is 5.01 Å². The van der Waals surface area contributed by atoms with E-state index in [-0.39, 0.29) is 24.1 Å². The van der Waals surface area contributed by atoms with Gasteiger partial charge in [0, 0.05) is 36.3 Å². The minimum absolute atomic E-state index is 0.0196. The van der Waals surface area contributed by atoms with E-state index in [1.165, 1.54) is 10.5 Å². The molecule has 3 aliphatic heterocycles. The number of amides is 5. The van der Waals surface area contributed by atoms with E-state index in [2.05, 4.69) is 46.2 Å². The maximum atomic E-state index is 13.1. The highest BCUT2D eigenvalue weighted by Crippen LogP contribution is 2.34.